The van der Waals surface area contributed by atoms with E-state index in [0.29, 0.717) is 47.6 Å². The number of nitrogens with one attached hydrogen (secondary N) is 4. The Morgan fingerprint density at radius 2 is 1.40 bits per heavy atom. The Bertz CT molecular complexity index is 2080. The number of ether oxygens (including phenoxy) is 1. The van der Waals surface area contributed by atoms with E-state index in [2.05, 4.69) is 57.3 Å². The number of pyridine rings is 1. The van der Waals surface area contributed by atoms with Crippen molar-refractivity contribution >= 4 is 45.9 Å². The lowest BCUT2D eigenvalue weighted by Crippen LogP contribution is -2.35. The molecule has 2 amide bonds. The lowest BCUT2D eigenvalue weighted by atomic mass is 9.96. The van der Waals surface area contributed by atoms with Crippen LogP contribution in [-0.2, 0) is 29.7 Å². The van der Waals surface area contributed by atoms with Crippen LogP contribution in [0.4, 0.5) is 0 Å². The molecule has 2 saturated heterocycles. The molecule has 258 valence electrons. The molecule has 9 nitrogen and oxygen atoms in total. The molecule has 7 rings (SSSR count). The SMILES string of the molecule is COc1nc(-c2cccc(-c3cccc(-c4ccc5c(CNC[C@@H]6CCC(=O)N6)cn(C)c5c4)c3Cl)c2Cl)ccc1CNC[C@H]1CCC(=O)N1. The van der Waals surface area contributed by atoms with Crippen LogP contribution >= 0.6 is 23.2 Å². The molecule has 0 aliphatic carbocycles. The summed E-state index contributed by atoms with van der Waals surface area (Å²) in [5, 5.41) is 15.3. The van der Waals surface area contributed by atoms with Crippen LogP contribution in [0.25, 0.3) is 44.4 Å². The van der Waals surface area contributed by atoms with Crippen LogP contribution < -0.4 is 26.0 Å². The summed E-state index contributed by atoms with van der Waals surface area (Å²) in [5.41, 5.74) is 8.28. The minimum absolute atomic E-state index is 0.105. The average molecular weight is 712 g/mol. The van der Waals surface area contributed by atoms with Crippen LogP contribution in [0, 0.1) is 0 Å². The van der Waals surface area contributed by atoms with Gasteiger partial charge in [0.05, 0.1) is 22.8 Å². The Hall–Kier alpha value is -4.41. The molecular formula is C39H40Cl2N6O3. The zero-order valence-electron chi connectivity index (χ0n) is 28.1. The first-order valence-electron chi connectivity index (χ1n) is 17.0. The zero-order valence-corrected chi connectivity index (χ0v) is 29.6. The topological polar surface area (TPSA) is 109 Å². The summed E-state index contributed by atoms with van der Waals surface area (Å²) in [6, 6.07) is 22.6. The highest BCUT2D eigenvalue weighted by Crippen LogP contribution is 2.43. The van der Waals surface area contributed by atoms with Crippen molar-refractivity contribution in [3.63, 3.8) is 0 Å². The van der Waals surface area contributed by atoms with Crippen molar-refractivity contribution in [3.8, 4) is 39.4 Å². The number of fused-ring (bicyclic) bond motifs is 1. The number of halogens is 2. The smallest absolute Gasteiger partial charge is 0.220 e. The maximum atomic E-state index is 11.6. The molecule has 0 unspecified atom stereocenters. The van der Waals surface area contributed by atoms with Crippen LogP contribution in [0.3, 0.4) is 0 Å². The van der Waals surface area contributed by atoms with Gasteiger partial charge in [0.2, 0.25) is 17.7 Å². The summed E-state index contributed by atoms with van der Waals surface area (Å²) in [4.78, 5) is 27.9. The van der Waals surface area contributed by atoms with E-state index in [9.17, 15) is 9.59 Å². The Morgan fingerprint density at radius 3 is 2.02 bits per heavy atom. The first-order chi connectivity index (χ1) is 24.3. The molecule has 5 aromatic rings. The number of aryl methyl sites for hydroxylation is 1. The summed E-state index contributed by atoms with van der Waals surface area (Å²) < 4.78 is 7.81. The summed E-state index contributed by atoms with van der Waals surface area (Å²) in [6.07, 6.45) is 5.06. The molecule has 0 radical (unpaired) electrons. The van der Waals surface area contributed by atoms with Gasteiger partial charge in [-0.3, -0.25) is 9.59 Å². The third kappa shape index (κ3) is 7.09. The fourth-order valence-electron chi connectivity index (χ4n) is 7.03. The molecule has 2 atom stereocenters. The molecule has 2 aliphatic heterocycles. The quantitative estimate of drug-likeness (QED) is 0.116. The minimum Gasteiger partial charge on any atom is -0.481 e. The molecule has 50 heavy (non-hydrogen) atoms. The number of hydrogen-bond donors (Lipinski definition) is 4. The maximum absolute atomic E-state index is 11.6. The van der Waals surface area contributed by atoms with Gasteiger partial charge in [-0.15, -0.1) is 0 Å². The van der Waals surface area contributed by atoms with E-state index in [1.165, 1.54) is 10.9 Å². The number of benzene rings is 3. The van der Waals surface area contributed by atoms with Crippen molar-refractivity contribution < 1.29 is 14.3 Å². The van der Waals surface area contributed by atoms with Crippen LogP contribution in [0.5, 0.6) is 5.88 Å². The van der Waals surface area contributed by atoms with Crippen molar-refractivity contribution in [2.75, 3.05) is 20.2 Å². The predicted octanol–water partition coefficient (Wildman–Crippen LogP) is 6.63. The molecule has 0 bridgehead atoms. The summed E-state index contributed by atoms with van der Waals surface area (Å²) in [7, 11) is 3.67. The van der Waals surface area contributed by atoms with Gasteiger partial charge in [0.15, 0.2) is 0 Å². The first-order valence-corrected chi connectivity index (χ1v) is 17.7. The van der Waals surface area contributed by atoms with Crippen molar-refractivity contribution in [1.29, 1.82) is 0 Å². The molecule has 2 fully saturated rings. The van der Waals surface area contributed by atoms with E-state index in [1.54, 1.807) is 7.11 Å². The summed E-state index contributed by atoms with van der Waals surface area (Å²) >= 11 is 14.3. The Balaban J connectivity index is 1.11. The Morgan fingerprint density at radius 1 is 0.800 bits per heavy atom. The average Bonchev–Trinajstić information content (AvgIpc) is 3.83. The van der Waals surface area contributed by atoms with E-state index in [1.807, 2.05) is 48.5 Å². The van der Waals surface area contributed by atoms with Gasteiger partial charge in [-0.25, -0.2) is 4.98 Å². The highest BCUT2D eigenvalue weighted by atomic mass is 35.5. The molecule has 2 aromatic heterocycles. The predicted molar refractivity (Wildman–Crippen MR) is 199 cm³/mol. The van der Waals surface area contributed by atoms with Crippen molar-refractivity contribution in [3.05, 3.63) is 94.1 Å². The number of rotatable bonds is 12. The summed E-state index contributed by atoms with van der Waals surface area (Å²) in [6.45, 7) is 2.72. The van der Waals surface area contributed by atoms with Crippen LogP contribution in [0.1, 0.15) is 36.8 Å². The van der Waals surface area contributed by atoms with Gasteiger partial charge in [0.1, 0.15) is 0 Å². The van der Waals surface area contributed by atoms with Gasteiger partial charge in [-0.05, 0) is 36.1 Å². The number of methoxy groups -OCH3 is 1. The van der Waals surface area contributed by atoms with Crippen LogP contribution in [0.15, 0.2) is 72.9 Å². The molecule has 2 aliphatic rings. The van der Waals surface area contributed by atoms with E-state index in [0.717, 1.165) is 64.8 Å². The van der Waals surface area contributed by atoms with Gasteiger partial charge in [0.25, 0.3) is 0 Å². The molecule has 4 heterocycles. The number of aromatic nitrogens is 2. The number of carbonyl (C=O) groups is 2. The number of carbonyl (C=O) groups excluding carboxylic acids is 2. The van der Waals surface area contributed by atoms with Crippen molar-refractivity contribution in [2.24, 2.45) is 7.05 Å². The third-order valence-electron chi connectivity index (χ3n) is 9.66. The number of amides is 2. The molecule has 0 saturated carbocycles. The number of nitrogens with zero attached hydrogens (tertiary/aromatic N) is 2. The van der Waals surface area contributed by atoms with E-state index in [-0.39, 0.29) is 23.9 Å². The Labute approximate surface area is 301 Å². The second kappa shape index (κ2) is 14.8. The first kappa shape index (κ1) is 34.1. The Kier molecular flexibility index (Phi) is 10.1. The fraction of sp³-hybridized carbons (Fsp3) is 0.308. The fourth-order valence-corrected chi connectivity index (χ4v) is 7.69. The number of hydrogen-bond acceptors (Lipinski definition) is 6. The lowest BCUT2D eigenvalue weighted by Gasteiger charge is -2.16. The monoisotopic (exact) mass is 710 g/mol. The van der Waals surface area contributed by atoms with Crippen molar-refractivity contribution in [1.82, 2.24) is 30.8 Å². The lowest BCUT2D eigenvalue weighted by molar-refractivity contribution is -0.120. The summed E-state index contributed by atoms with van der Waals surface area (Å²) in [5.74, 6) is 0.755. The second-order valence-electron chi connectivity index (χ2n) is 13.1. The highest BCUT2D eigenvalue weighted by molar-refractivity contribution is 6.39. The standard InChI is InChI=1S/C39H40Cl2N6O3/c1-47-22-25(19-43-21-27-12-16-36(49)45-27)28-13-9-23(17-34(28)47)29-5-3-6-30(37(29)40)31-7-4-8-32(38(31)41)33-14-10-24(39(46-33)50-2)18-42-20-26-11-15-35(48)44-26/h3-10,13-14,17,22,26-27,42-43H,11-12,15-16,18-21H2,1-2H3,(H,44,48)(H,45,49)/t26-,27+/m1/s1. The minimum atomic E-state index is 0.105. The van der Waals surface area contributed by atoms with E-state index in [4.69, 9.17) is 32.9 Å². The molecule has 11 heteroatoms. The van der Waals surface area contributed by atoms with Crippen LogP contribution in [0.2, 0.25) is 10.0 Å². The molecule has 4 N–H and O–H groups in total. The molecule has 3 aromatic carbocycles. The van der Waals surface area contributed by atoms with E-state index < -0.39 is 0 Å². The van der Waals surface area contributed by atoms with Gasteiger partial charge in [0, 0.05) is 103 Å². The van der Waals surface area contributed by atoms with Crippen LogP contribution in [-0.4, -0.2) is 53.6 Å². The molecule has 0 spiro atoms. The van der Waals surface area contributed by atoms with E-state index >= 15 is 0 Å². The van der Waals surface area contributed by atoms with Gasteiger partial charge >= 0.3 is 0 Å². The van der Waals surface area contributed by atoms with Gasteiger partial charge in [-0.2, -0.15) is 0 Å². The third-order valence-corrected chi connectivity index (χ3v) is 10.5. The maximum Gasteiger partial charge on any atom is 0.220 e. The largest absolute Gasteiger partial charge is 0.481 e. The van der Waals surface area contributed by atoms with Gasteiger partial charge in [-0.1, -0.05) is 77.8 Å². The van der Waals surface area contributed by atoms with Crippen molar-refractivity contribution in [2.45, 2.75) is 50.9 Å². The van der Waals surface area contributed by atoms with Gasteiger partial charge < -0.3 is 30.6 Å². The zero-order chi connectivity index (χ0) is 34.8. The normalized spacial score (nSPS) is 17.4. The molecular weight excluding hydrogens is 671 g/mol. The highest BCUT2D eigenvalue weighted by Gasteiger charge is 2.22. The second-order valence-corrected chi connectivity index (χ2v) is 13.8.